The summed E-state index contributed by atoms with van der Waals surface area (Å²) in [7, 11) is 0. The minimum Gasteiger partial charge on any atom is -0.481 e. The number of carboxylic acids is 2. The summed E-state index contributed by atoms with van der Waals surface area (Å²) in [6.07, 6.45) is 18.8. The summed E-state index contributed by atoms with van der Waals surface area (Å²) in [6, 6.07) is -0.913. The Morgan fingerprint density at radius 3 is 2.21 bits per heavy atom. The lowest BCUT2D eigenvalue weighted by Crippen LogP contribution is -2.44. The van der Waals surface area contributed by atoms with Crippen molar-refractivity contribution in [3.05, 3.63) is 24.3 Å². The molecule has 196 valence electrons. The molecule has 3 atom stereocenters. The predicted molar refractivity (Wildman–Crippen MR) is 138 cm³/mol. The van der Waals surface area contributed by atoms with Gasteiger partial charge >= 0.3 is 11.9 Å². The van der Waals surface area contributed by atoms with Gasteiger partial charge in [0.15, 0.2) is 0 Å². The largest absolute Gasteiger partial charge is 0.481 e. The third-order valence-electron chi connectivity index (χ3n) is 5.26. The summed E-state index contributed by atoms with van der Waals surface area (Å²) in [5.74, 6) is -2.43. The molecule has 1 amide bonds. The molecule has 0 radical (unpaired) electrons. The number of unbranched alkanes of at least 4 members (excludes halogenated alkanes) is 8. The van der Waals surface area contributed by atoms with Crippen LogP contribution in [0.3, 0.4) is 0 Å². The minimum atomic E-state index is -1.15. The molecule has 34 heavy (non-hydrogen) atoms. The van der Waals surface area contributed by atoms with Crippen LogP contribution in [-0.2, 0) is 14.4 Å². The lowest BCUT2D eigenvalue weighted by Gasteiger charge is -2.21. The van der Waals surface area contributed by atoms with Gasteiger partial charge in [0.1, 0.15) is 6.54 Å². The number of thioether (sulfide) groups is 1. The Labute approximate surface area is 208 Å². The minimum absolute atomic E-state index is 0.0201. The highest BCUT2D eigenvalue weighted by Gasteiger charge is 2.21. The first-order chi connectivity index (χ1) is 16.3. The molecule has 0 fully saturated rings. The number of amides is 1. The van der Waals surface area contributed by atoms with E-state index >= 15 is 0 Å². The summed E-state index contributed by atoms with van der Waals surface area (Å²) in [5.41, 5.74) is 5.84. The van der Waals surface area contributed by atoms with Crippen molar-refractivity contribution in [3.63, 3.8) is 0 Å². The van der Waals surface area contributed by atoms with Crippen LogP contribution in [0.2, 0.25) is 0 Å². The number of rotatable bonds is 22. The molecule has 0 aromatic carbocycles. The molecule has 0 heterocycles. The van der Waals surface area contributed by atoms with Crippen molar-refractivity contribution in [2.45, 2.75) is 101 Å². The number of hydrogen-bond donors (Lipinski definition) is 5. The molecule has 9 heteroatoms. The van der Waals surface area contributed by atoms with E-state index in [0.717, 1.165) is 12.8 Å². The number of nitrogens with two attached hydrogens (primary N) is 1. The van der Waals surface area contributed by atoms with Gasteiger partial charge in [-0.3, -0.25) is 14.4 Å². The number of carbonyl (C=O) groups is 3. The van der Waals surface area contributed by atoms with E-state index in [9.17, 15) is 19.5 Å². The maximum absolute atomic E-state index is 11.9. The number of aliphatic hydroxyl groups is 1. The molecule has 6 N–H and O–H groups in total. The van der Waals surface area contributed by atoms with E-state index in [2.05, 4.69) is 18.3 Å². The van der Waals surface area contributed by atoms with Gasteiger partial charge in [0, 0.05) is 17.4 Å². The summed E-state index contributed by atoms with van der Waals surface area (Å²) in [6.45, 7) is 1.72. The summed E-state index contributed by atoms with van der Waals surface area (Å²) in [4.78, 5) is 33.2. The van der Waals surface area contributed by atoms with Gasteiger partial charge in [0.05, 0.1) is 12.1 Å². The molecular weight excluding hydrogens is 456 g/mol. The number of aliphatic carboxylic acids is 2. The Morgan fingerprint density at radius 1 is 0.941 bits per heavy atom. The predicted octanol–water partition coefficient (Wildman–Crippen LogP) is 3.88. The van der Waals surface area contributed by atoms with Gasteiger partial charge in [-0.25, -0.2) is 0 Å². The monoisotopic (exact) mass is 500 g/mol. The Balaban J connectivity index is 4.50. The molecule has 0 saturated carbocycles. The molecule has 0 saturated heterocycles. The fraction of sp³-hybridized carbons (Fsp3) is 0.720. The summed E-state index contributed by atoms with van der Waals surface area (Å²) in [5, 5.41) is 29.8. The van der Waals surface area contributed by atoms with E-state index in [1.165, 1.54) is 56.7 Å². The first-order valence-electron chi connectivity index (χ1n) is 12.4. The van der Waals surface area contributed by atoms with E-state index in [1.54, 1.807) is 0 Å². The number of carboxylic acid groups (broad SMARTS) is 2. The van der Waals surface area contributed by atoms with E-state index in [4.69, 9.17) is 15.9 Å². The molecule has 0 unspecified atom stereocenters. The van der Waals surface area contributed by atoms with Crippen LogP contribution in [0.25, 0.3) is 0 Å². The highest BCUT2D eigenvalue weighted by molar-refractivity contribution is 8.00. The quantitative estimate of drug-likeness (QED) is 0.111. The smallest absolute Gasteiger partial charge is 0.322 e. The first-order valence-corrected chi connectivity index (χ1v) is 13.4. The number of nitrogens with one attached hydrogen (secondary N) is 1. The van der Waals surface area contributed by atoms with Crippen LogP contribution in [0, 0.1) is 0 Å². The highest BCUT2D eigenvalue weighted by Crippen LogP contribution is 2.21. The van der Waals surface area contributed by atoms with Gasteiger partial charge in [-0.2, -0.15) is 0 Å². The molecule has 0 aliphatic rings. The van der Waals surface area contributed by atoms with Crippen molar-refractivity contribution in [1.82, 2.24) is 5.32 Å². The van der Waals surface area contributed by atoms with E-state index < -0.39 is 36.5 Å². The lowest BCUT2D eigenvalue weighted by atomic mass is 10.1. The molecule has 0 bridgehead atoms. The SMILES string of the molecule is CCCCCCCCCC/C=C/C=C\[C@@H](SC[C@H](N)C(=O)NCC(=O)O)[C@@H](O)CCCC(=O)O. The fourth-order valence-electron chi connectivity index (χ4n) is 3.25. The first kappa shape index (κ1) is 32.2. The Bertz CT molecular complexity index is 627. The average Bonchev–Trinajstić information content (AvgIpc) is 2.79. The molecular formula is C25H44N2O6S. The van der Waals surface area contributed by atoms with Crippen molar-refractivity contribution in [2.24, 2.45) is 5.73 Å². The van der Waals surface area contributed by atoms with Gasteiger partial charge < -0.3 is 26.4 Å². The molecule has 0 aliphatic heterocycles. The summed E-state index contributed by atoms with van der Waals surface area (Å²) < 4.78 is 0. The third kappa shape index (κ3) is 19.6. The maximum atomic E-state index is 11.9. The second-order valence-corrected chi connectivity index (χ2v) is 9.66. The van der Waals surface area contributed by atoms with Gasteiger partial charge in [0.25, 0.3) is 0 Å². The highest BCUT2D eigenvalue weighted by atomic mass is 32.2. The zero-order valence-electron chi connectivity index (χ0n) is 20.5. The Hall–Kier alpha value is -1.84. The number of aliphatic hydroxyl groups excluding tert-OH is 1. The molecule has 0 rings (SSSR count). The van der Waals surface area contributed by atoms with Crippen molar-refractivity contribution in [2.75, 3.05) is 12.3 Å². The number of allylic oxidation sites excluding steroid dienone is 3. The van der Waals surface area contributed by atoms with Crippen molar-refractivity contribution in [3.8, 4) is 0 Å². The molecule has 8 nitrogen and oxygen atoms in total. The van der Waals surface area contributed by atoms with Crippen LogP contribution in [0.4, 0.5) is 0 Å². The van der Waals surface area contributed by atoms with Crippen molar-refractivity contribution >= 4 is 29.6 Å². The average molecular weight is 501 g/mol. The maximum Gasteiger partial charge on any atom is 0.322 e. The molecule has 0 aromatic heterocycles. The van der Waals surface area contributed by atoms with Gasteiger partial charge in [-0.05, 0) is 25.7 Å². The molecule has 0 spiro atoms. The Kier molecular flexibility index (Phi) is 20.5. The van der Waals surface area contributed by atoms with Crippen LogP contribution < -0.4 is 11.1 Å². The second kappa shape index (κ2) is 21.7. The lowest BCUT2D eigenvalue weighted by molar-refractivity contribution is -0.138. The van der Waals surface area contributed by atoms with Crippen LogP contribution in [0.5, 0.6) is 0 Å². The molecule has 0 aromatic rings. The Morgan fingerprint density at radius 2 is 1.59 bits per heavy atom. The van der Waals surface area contributed by atoms with E-state index in [-0.39, 0.29) is 17.4 Å². The van der Waals surface area contributed by atoms with Crippen molar-refractivity contribution < 1.29 is 29.7 Å². The number of carbonyl (C=O) groups excluding carboxylic acids is 1. The van der Waals surface area contributed by atoms with Gasteiger partial charge in [0.2, 0.25) is 5.91 Å². The molecule has 0 aliphatic carbocycles. The second-order valence-electron chi connectivity index (χ2n) is 8.45. The number of hydrogen-bond acceptors (Lipinski definition) is 6. The van der Waals surface area contributed by atoms with Crippen LogP contribution in [0.15, 0.2) is 24.3 Å². The van der Waals surface area contributed by atoms with E-state index in [0.29, 0.717) is 12.8 Å². The van der Waals surface area contributed by atoms with E-state index in [1.807, 2.05) is 18.2 Å². The van der Waals surface area contributed by atoms with Crippen molar-refractivity contribution in [1.29, 1.82) is 0 Å². The normalized spacial score (nSPS) is 14.3. The zero-order valence-corrected chi connectivity index (χ0v) is 21.3. The van der Waals surface area contributed by atoms with Gasteiger partial charge in [-0.1, -0.05) is 76.2 Å². The van der Waals surface area contributed by atoms with Crippen LogP contribution in [-0.4, -0.2) is 62.9 Å². The standard InChI is InChI=1S/C25H44N2O6S/c1-2-3-4-5-6-7-8-9-10-11-12-13-16-22(21(28)15-14-17-23(29)30)34-19-20(26)25(33)27-18-24(31)32/h11-13,16,20-22,28H,2-10,14-15,17-19,26H2,1H3,(H,27,33)(H,29,30)(H,31,32)/b12-11+,16-13-/t20-,21-,22+/m0/s1. The van der Waals surface area contributed by atoms with Crippen LogP contribution >= 0.6 is 11.8 Å². The zero-order chi connectivity index (χ0) is 25.6. The topological polar surface area (TPSA) is 150 Å². The fourth-order valence-corrected chi connectivity index (χ4v) is 4.39. The summed E-state index contributed by atoms with van der Waals surface area (Å²) >= 11 is 1.29. The third-order valence-corrected chi connectivity index (χ3v) is 6.67. The van der Waals surface area contributed by atoms with Crippen LogP contribution in [0.1, 0.15) is 84.0 Å². The van der Waals surface area contributed by atoms with Gasteiger partial charge in [-0.15, -0.1) is 11.8 Å².